The molecule has 1 rings (SSSR count). The van der Waals surface area contributed by atoms with Crippen molar-refractivity contribution in [2.24, 2.45) is 11.1 Å². The molecule has 0 aliphatic carbocycles. The molecule has 3 N–H and O–H groups in total. The van der Waals surface area contributed by atoms with E-state index in [1.807, 2.05) is 26.1 Å². The molecular weight excluding hydrogens is 248 g/mol. The van der Waals surface area contributed by atoms with Crippen LogP contribution in [0, 0.1) is 5.41 Å². The molecule has 5 nitrogen and oxygen atoms in total. The van der Waals surface area contributed by atoms with E-state index in [4.69, 9.17) is 18.0 Å². The molecule has 1 aromatic rings. The number of thiocarbonyl (C=S) groups is 1. The minimum absolute atomic E-state index is 0.0906. The van der Waals surface area contributed by atoms with Crippen molar-refractivity contribution >= 4 is 23.1 Å². The summed E-state index contributed by atoms with van der Waals surface area (Å²) in [5.74, 6) is -0.0906. The first-order valence-corrected chi connectivity index (χ1v) is 6.53. The van der Waals surface area contributed by atoms with E-state index in [9.17, 15) is 4.79 Å². The largest absolute Gasteiger partial charge is 0.392 e. The van der Waals surface area contributed by atoms with Gasteiger partial charge in [-0.05, 0) is 18.9 Å². The monoisotopic (exact) mass is 268 g/mol. The molecule has 0 spiro atoms. The van der Waals surface area contributed by atoms with Crippen LogP contribution in [-0.2, 0) is 11.3 Å². The Hall–Kier alpha value is -1.43. The Balaban J connectivity index is 2.55. The lowest BCUT2D eigenvalue weighted by atomic mass is 9.81. The highest BCUT2D eigenvalue weighted by atomic mass is 32.1. The van der Waals surface area contributed by atoms with Crippen LogP contribution in [0.3, 0.4) is 0 Å². The summed E-state index contributed by atoms with van der Waals surface area (Å²) in [7, 11) is 0. The van der Waals surface area contributed by atoms with Gasteiger partial charge in [0.25, 0.3) is 0 Å². The van der Waals surface area contributed by atoms with Gasteiger partial charge in [-0.1, -0.05) is 26.1 Å². The highest BCUT2D eigenvalue weighted by molar-refractivity contribution is 7.80. The number of carbonyl (C=O) groups excluding carboxylic acids is 1. The molecule has 0 aromatic carbocycles. The smallest absolute Gasteiger partial charge is 0.233 e. The normalized spacial score (nSPS) is 11.2. The third-order valence-corrected chi connectivity index (χ3v) is 3.69. The average molecular weight is 268 g/mol. The van der Waals surface area contributed by atoms with Crippen molar-refractivity contribution in [3.63, 3.8) is 0 Å². The van der Waals surface area contributed by atoms with Crippen LogP contribution in [0.15, 0.2) is 18.5 Å². The van der Waals surface area contributed by atoms with Gasteiger partial charge in [0.2, 0.25) is 5.91 Å². The first-order valence-electron chi connectivity index (χ1n) is 6.12. The summed E-state index contributed by atoms with van der Waals surface area (Å²) in [5.41, 5.74) is 4.99. The molecule has 100 valence electrons. The molecule has 18 heavy (non-hydrogen) atoms. The van der Waals surface area contributed by atoms with E-state index >= 15 is 0 Å². The van der Waals surface area contributed by atoms with Gasteiger partial charge in [0.05, 0.1) is 16.9 Å². The average Bonchev–Trinajstić information content (AvgIpc) is 2.84. The maximum Gasteiger partial charge on any atom is 0.233 e. The zero-order valence-corrected chi connectivity index (χ0v) is 11.7. The first-order chi connectivity index (χ1) is 8.56. The number of carbonyl (C=O) groups is 1. The predicted molar refractivity (Wildman–Crippen MR) is 75.0 cm³/mol. The Labute approximate surface area is 113 Å². The van der Waals surface area contributed by atoms with Gasteiger partial charge in [-0.3, -0.25) is 9.48 Å². The minimum atomic E-state index is -0.723. The van der Waals surface area contributed by atoms with Crippen LogP contribution in [0.4, 0.5) is 0 Å². The molecule has 0 radical (unpaired) electrons. The van der Waals surface area contributed by atoms with Crippen molar-refractivity contribution in [2.75, 3.05) is 6.54 Å². The van der Waals surface area contributed by atoms with E-state index in [1.54, 1.807) is 10.9 Å². The second-order valence-electron chi connectivity index (χ2n) is 4.18. The Morgan fingerprint density at radius 1 is 1.50 bits per heavy atom. The summed E-state index contributed by atoms with van der Waals surface area (Å²) in [5, 5.41) is 6.94. The Bertz CT molecular complexity index is 398. The fourth-order valence-corrected chi connectivity index (χ4v) is 2.30. The van der Waals surface area contributed by atoms with Gasteiger partial charge in [0.15, 0.2) is 0 Å². The van der Waals surface area contributed by atoms with Crippen LogP contribution >= 0.6 is 12.2 Å². The lowest BCUT2D eigenvalue weighted by Crippen LogP contribution is -2.48. The SMILES string of the molecule is CCC(CC)(C(=O)NCCn1cccn1)C(N)=S. The Kier molecular flexibility index (Phi) is 5.27. The van der Waals surface area contributed by atoms with Gasteiger partial charge in [0, 0.05) is 18.9 Å². The zero-order valence-electron chi connectivity index (χ0n) is 10.8. The number of hydrogen-bond donors (Lipinski definition) is 2. The number of nitrogens with two attached hydrogens (primary N) is 1. The molecule has 0 bridgehead atoms. The predicted octanol–water partition coefficient (Wildman–Crippen LogP) is 1.09. The molecule has 1 heterocycles. The van der Waals surface area contributed by atoms with Gasteiger partial charge in [0.1, 0.15) is 0 Å². The highest BCUT2D eigenvalue weighted by Crippen LogP contribution is 2.26. The van der Waals surface area contributed by atoms with Crippen molar-refractivity contribution in [1.29, 1.82) is 0 Å². The topological polar surface area (TPSA) is 72.9 Å². The number of aromatic nitrogens is 2. The summed E-state index contributed by atoms with van der Waals surface area (Å²) in [6.45, 7) is 5.01. The molecule has 0 fully saturated rings. The van der Waals surface area contributed by atoms with Crippen molar-refractivity contribution in [2.45, 2.75) is 33.2 Å². The van der Waals surface area contributed by atoms with Crippen LogP contribution in [0.25, 0.3) is 0 Å². The number of nitrogens with zero attached hydrogens (tertiary/aromatic N) is 2. The summed E-state index contributed by atoms with van der Waals surface area (Å²) in [6.07, 6.45) is 4.80. The number of amides is 1. The van der Waals surface area contributed by atoms with E-state index in [-0.39, 0.29) is 10.9 Å². The van der Waals surface area contributed by atoms with Gasteiger partial charge in [-0.25, -0.2) is 0 Å². The highest BCUT2D eigenvalue weighted by Gasteiger charge is 2.37. The summed E-state index contributed by atoms with van der Waals surface area (Å²) < 4.78 is 1.76. The van der Waals surface area contributed by atoms with Crippen molar-refractivity contribution < 1.29 is 4.79 Å². The fourth-order valence-electron chi connectivity index (χ4n) is 1.92. The Morgan fingerprint density at radius 3 is 2.61 bits per heavy atom. The van der Waals surface area contributed by atoms with Gasteiger partial charge >= 0.3 is 0 Å². The molecule has 0 atom stereocenters. The molecule has 0 saturated heterocycles. The van der Waals surface area contributed by atoms with Crippen molar-refractivity contribution in [1.82, 2.24) is 15.1 Å². The molecule has 1 amide bonds. The molecule has 6 heteroatoms. The van der Waals surface area contributed by atoms with Gasteiger partial charge in [-0.2, -0.15) is 5.10 Å². The summed E-state index contributed by atoms with van der Waals surface area (Å²) >= 11 is 5.03. The summed E-state index contributed by atoms with van der Waals surface area (Å²) in [6, 6.07) is 1.85. The molecule has 0 unspecified atom stereocenters. The summed E-state index contributed by atoms with van der Waals surface area (Å²) in [4.78, 5) is 12.5. The lowest BCUT2D eigenvalue weighted by molar-refractivity contribution is -0.127. The van der Waals surface area contributed by atoms with E-state index in [0.717, 1.165) is 0 Å². The van der Waals surface area contributed by atoms with Gasteiger partial charge < -0.3 is 11.1 Å². The van der Waals surface area contributed by atoms with Crippen LogP contribution in [-0.4, -0.2) is 27.2 Å². The van der Waals surface area contributed by atoms with Crippen molar-refractivity contribution in [3.8, 4) is 0 Å². The van der Waals surface area contributed by atoms with E-state index in [1.165, 1.54) is 0 Å². The molecular formula is C12H20N4OS. The van der Waals surface area contributed by atoms with Gasteiger partial charge in [-0.15, -0.1) is 0 Å². The minimum Gasteiger partial charge on any atom is -0.392 e. The van der Waals surface area contributed by atoms with E-state index in [2.05, 4.69) is 10.4 Å². The zero-order chi connectivity index (χ0) is 13.6. The number of nitrogens with one attached hydrogen (secondary N) is 1. The second-order valence-corrected chi connectivity index (χ2v) is 4.62. The van der Waals surface area contributed by atoms with E-state index < -0.39 is 5.41 Å². The maximum atomic E-state index is 12.2. The van der Waals surface area contributed by atoms with Crippen LogP contribution in [0.1, 0.15) is 26.7 Å². The van der Waals surface area contributed by atoms with Crippen molar-refractivity contribution in [3.05, 3.63) is 18.5 Å². The molecule has 0 aliphatic rings. The van der Waals surface area contributed by atoms with Crippen LogP contribution in [0.5, 0.6) is 0 Å². The quantitative estimate of drug-likeness (QED) is 0.726. The fraction of sp³-hybridized carbons (Fsp3) is 0.583. The lowest BCUT2D eigenvalue weighted by Gasteiger charge is -2.28. The number of hydrogen-bond acceptors (Lipinski definition) is 3. The molecule has 0 aliphatic heterocycles. The first kappa shape index (κ1) is 14.6. The number of rotatable bonds is 7. The molecule has 1 aromatic heterocycles. The third-order valence-electron chi connectivity index (χ3n) is 3.30. The van der Waals surface area contributed by atoms with Crippen LogP contribution in [0.2, 0.25) is 0 Å². The Morgan fingerprint density at radius 2 is 2.17 bits per heavy atom. The third kappa shape index (κ3) is 3.07. The van der Waals surface area contributed by atoms with Crippen LogP contribution < -0.4 is 11.1 Å². The molecule has 0 saturated carbocycles. The maximum absolute atomic E-state index is 12.2. The second kappa shape index (κ2) is 6.49. The standard InChI is InChI=1S/C12H20N4OS/c1-3-12(4-2,10(13)18)11(17)14-7-9-16-8-5-6-15-16/h5-6,8H,3-4,7,9H2,1-2H3,(H2,13,18)(H,14,17). The van der Waals surface area contributed by atoms with E-state index in [0.29, 0.717) is 25.9 Å².